The monoisotopic (exact) mass is 132 g/mol. The first kappa shape index (κ1) is 6.99. The summed E-state index contributed by atoms with van der Waals surface area (Å²) in [5, 5.41) is 0. The maximum atomic E-state index is 5.25. The van der Waals surface area contributed by atoms with Gasteiger partial charge in [0.1, 0.15) is 6.10 Å². The molecule has 1 aliphatic rings. The number of methoxy groups -OCH3 is 1. The predicted molar refractivity (Wildman–Crippen MR) is 32.2 cm³/mol. The molecule has 0 aromatic heterocycles. The van der Waals surface area contributed by atoms with Crippen molar-refractivity contribution in [3.63, 3.8) is 0 Å². The van der Waals surface area contributed by atoms with Gasteiger partial charge in [-0.05, 0) is 6.92 Å². The van der Waals surface area contributed by atoms with Crippen LogP contribution < -0.4 is 0 Å². The molecule has 54 valence electrons. The molecule has 0 N–H and O–H groups in total. The lowest BCUT2D eigenvalue weighted by Gasteiger charge is -2.05. The van der Waals surface area contributed by atoms with Gasteiger partial charge < -0.3 is 14.2 Å². The fourth-order valence-electron chi connectivity index (χ4n) is 0.866. The van der Waals surface area contributed by atoms with E-state index in [4.69, 9.17) is 14.2 Å². The standard InChI is InChI=1S/C6H12O3/c1-5-8-4-6(9-5)3-7-2/h5-6H,3-4H2,1-2H3. The van der Waals surface area contributed by atoms with E-state index in [9.17, 15) is 0 Å². The molecular formula is C6H12O3. The fourth-order valence-corrected chi connectivity index (χ4v) is 0.866. The number of rotatable bonds is 2. The van der Waals surface area contributed by atoms with Crippen molar-refractivity contribution >= 4 is 0 Å². The van der Waals surface area contributed by atoms with E-state index in [0.29, 0.717) is 13.2 Å². The van der Waals surface area contributed by atoms with Gasteiger partial charge in [-0.25, -0.2) is 0 Å². The van der Waals surface area contributed by atoms with Gasteiger partial charge in [-0.1, -0.05) is 0 Å². The molecule has 0 aromatic rings. The quantitative estimate of drug-likeness (QED) is 0.544. The Labute approximate surface area is 54.9 Å². The van der Waals surface area contributed by atoms with Crippen molar-refractivity contribution in [1.82, 2.24) is 0 Å². The van der Waals surface area contributed by atoms with E-state index in [-0.39, 0.29) is 12.4 Å². The Morgan fingerprint density at radius 1 is 1.67 bits per heavy atom. The predicted octanol–water partition coefficient (Wildman–Crippen LogP) is 0.394. The van der Waals surface area contributed by atoms with Crippen LogP contribution in [0.1, 0.15) is 6.92 Å². The number of hydrogen-bond acceptors (Lipinski definition) is 3. The van der Waals surface area contributed by atoms with Crippen LogP contribution in [0, 0.1) is 0 Å². The smallest absolute Gasteiger partial charge is 0.155 e. The highest BCUT2D eigenvalue weighted by molar-refractivity contribution is 4.60. The molecule has 0 aromatic carbocycles. The van der Waals surface area contributed by atoms with Crippen LogP contribution in [0.5, 0.6) is 0 Å². The van der Waals surface area contributed by atoms with Crippen molar-refractivity contribution in [2.24, 2.45) is 0 Å². The first-order valence-corrected chi connectivity index (χ1v) is 3.09. The molecule has 3 nitrogen and oxygen atoms in total. The van der Waals surface area contributed by atoms with Crippen LogP contribution in [0.25, 0.3) is 0 Å². The fraction of sp³-hybridized carbons (Fsp3) is 1.00. The molecule has 3 heteroatoms. The van der Waals surface area contributed by atoms with Gasteiger partial charge in [-0.3, -0.25) is 0 Å². The normalized spacial score (nSPS) is 35.3. The van der Waals surface area contributed by atoms with E-state index in [1.807, 2.05) is 6.92 Å². The lowest BCUT2D eigenvalue weighted by molar-refractivity contribution is -0.0540. The van der Waals surface area contributed by atoms with Crippen molar-refractivity contribution < 1.29 is 14.2 Å². The van der Waals surface area contributed by atoms with Gasteiger partial charge in [0.15, 0.2) is 6.29 Å². The van der Waals surface area contributed by atoms with E-state index in [0.717, 1.165) is 0 Å². The minimum Gasteiger partial charge on any atom is -0.382 e. The van der Waals surface area contributed by atoms with E-state index >= 15 is 0 Å². The summed E-state index contributed by atoms with van der Waals surface area (Å²) < 4.78 is 15.2. The van der Waals surface area contributed by atoms with Crippen molar-refractivity contribution in [2.75, 3.05) is 20.3 Å². The molecule has 0 bridgehead atoms. The molecule has 1 saturated heterocycles. The molecule has 0 amide bonds. The highest BCUT2D eigenvalue weighted by Crippen LogP contribution is 2.09. The van der Waals surface area contributed by atoms with Gasteiger partial charge in [-0.2, -0.15) is 0 Å². The Morgan fingerprint density at radius 2 is 2.44 bits per heavy atom. The van der Waals surface area contributed by atoms with Crippen LogP contribution >= 0.6 is 0 Å². The zero-order chi connectivity index (χ0) is 6.69. The Bertz CT molecular complexity index is 82.4. The van der Waals surface area contributed by atoms with Gasteiger partial charge in [0.2, 0.25) is 0 Å². The van der Waals surface area contributed by atoms with Gasteiger partial charge in [0.25, 0.3) is 0 Å². The lowest BCUT2D eigenvalue weighted by Crippen LogP contribution is -2.16. The second-order valence-corrected chi connectivity index (χ2v) is 2.11. The van der Waals surface area contributed by atoms with E-state index in [1.54, 1.807) is 7.11 Å². The molecular weight excluding hydrogens is 120 g/mol. The molecule has 9 heavy (non-hydrogen) atoms. The Hall–Kier alpha value is -0.120. The number of hydrogen-bond donors (Lipinski definition) is 0. The first-order valence-electron chi connectivity index (χ1n) is 3.09. The number of ether oxygens (including phenoxy) is 3. The van der Waals surface area contributed by atoms with E-state index < -0.39 is 0 Å². The summed E-state index contributed by atoms with van der Waals surface area (Å²) in [7, 11) is 1.66. The molecule has 1 fully saturated rings. The summed E-state index contributed by atoms with van der Waals surface area (Å²) in [6, 6.07) is 0. The third kappa shape index (κ3) is 1.93. The molecule has 0 spiro atoms. The minimum atomic E-state index is -0.0508. The van der Waals surface area contributed by atoms with Gasteiger partial charge >= 0.3 is 0 Å². The molecule has 1 rings (SSSR count). The molecule has 1 heterocycles. The SMILES string of the molecule is COCC1COC(C)O1. The molecule has 2 unspecified atom stereocenters. The highest BCUT2D eigenvalue weighted by Gasteiger charge is 2.21. The second kappa shape index (κ2) is 3.15. The summed E-state index contributed by atoms with van der Waals surface area (Å²) in [5.41, 5.74) is 0. The van der Waals surface area contributed by atoms with Gasteiger partial charge in [-0.15, -0.1) is 0 Å². The van der Waals surface area contributed by atoms with Crippen LogP contribution in [0.3, 0.4) is 0 Å². The topological polar surface area (TPSA) is 27.7 Å². The largest absolute Gasteiger partial charge is 0.382 e. The summed E-state index contributed by atoms with van der Waals surface area (Å²) in [5.74, 6) is 0. The summed E-state index contributed by atoms with van der Waals surface area (Å²) in [4.78, 5) is 0. The Morgan fingerprint density at radius 3 is 2.89 bits per heavy atom. The van der Waals surface area contributed by atoms with Crippen molar-refractivity contribution in [3.05, 3.63) is 0 Å². The molecule has 1 aliphatic heterocycles. The highest BCUT2D eigenvalue weighted by atomic mass is 16.7. The van der Waals surface area contributed by atoms with Crippen LogP contribution in [0.4, 0.5) is 0 Å². The van der Waals surface area contributed by atoms with E-state index in [2.05, 4.69) is 0 Å². The second-order valence-electron chi connectivity index (χ2n) is 2.11. The average Bonchev–Trinajstić information content (AvgIpc) is 2.17. The first-order chi connectivity index (χ1) is 4.33. The zero-order valence-electron chi connectivity index (χ0n) is 5.79. The molecule has 0 radical (unpaired) electrons. The Balaban J connectivity index is 2.14. The van der Waals surface area contributed by atoms with Crippen LogP contribution in [0.2, 0.25) is 0 Å². The van der Waals surface area contributed by atoms with Gasteiger partial charge in [0.05, 0.1) is 13.2 Å². The maximum absolute atomic E-state index is 5.25. The molecule has 0 aliphatic carbocycles. The van der Waals surface area contributed by atoms with Crippen molar-refractivity contribution in [1.29, 1.82) is 0 Å². The minimum absolute atomic E-state index is 0.0508. The third-order valence-corrected chi connectivity index (χ3v) is 1.25. The van der Waals surface area contributed by atoms with Gasteiger partial charge in [0, 0.05) is 7.11 Å². The summed E-state index contributed by atoms with van der Waals surface area (Å²) in [6.45, 7) is 3.18. The van der Waals surface area contributed by atoms with Crippen molar-refractivity contribution in [3.8, 4) is 0 Å². The third-order valence-electron chi connectivity index (χ3n) is 1.25. The van der Waals surface area contributed by atoms with Crippen molar-refractivity contribution in [2.45, 2.75) is 19.3 Å². The molecule has 2 atom stereocenters. The summed E-state index contributed by atoms with van der Waals surface area (Å²) >= 11 is 0. The van der Waals surface area contributed by atoms with Crippen LogP contribution in [-0.2, 0) is 14.2 Å². The van der Waals surface area contributed by atoms with Crippen LogP contribution in [-0.4, -0.2) is 32.7 Å². The average molecular weight is 132 g/mol. The molecule has 0 saturated carbocycles. The zero-order valence-corrected chi connectivity index (χ0v) is 5.79. The Kier molecular flexibility index (Phi) is 2.45. The maximum Gasteiger partial charge on any atom is 0.155 e. The summed E-state index contributed by atoms with van der Waals surface area (Å²) in [6.07, 6.45) is 0.0927. The lowest BCUT2D eigenvalue weighted by atomic mass is 10.4. The van der Waals surface area contributed by atoms with Crippen LogP contribution in [0.15, 0.2) is 0 Å². The van der Waals surface area contributed by atoms with E-state index in [1.165, 1.54) is 0 Å².